The topological polar surface area (TPSA) is 199 Å². The SMILES string of the molecule is CC(C)=CC[C@H](O)/C(C)=C/CO[C@@H]1O[C@H](CO)[C@@H](O)[C@H](O[C@@H]2O[C@H](CO)[C@@H](O)[C@H](O)[C@H]2O)[C@H]1O. The fourth-order valence-electron chi connectivity index (χ4n) is 3.63. The van der Waals surface area contributed by atoms with E-state index in [1.807, 2.05) is 19.9 Å². The van der Waals surface area contributed by atoms with Crippen LogP contribution in [0.1, 0.15) is 27.2 Å². The highest BCUT2D eigenvalue weighted by Crippen LogP contribution is 2.29. The van der Waals surface area contributed by atoms with Crippen LogP contribution in [0.4, 0.5) is 0 Å². The molecule has 34 heavy (non-hydrogen) atoms. The van der Waals surface area contributed by atoms with E-state index in [4.69, 9.17) is 18.9 Å². The first-order valence-electron chi connectivity index (χ1n) is 11.2. The smallest absolute Gasteiger partial charge is 0.187 e. The van der Waals surface area contributed by atoms with Gasteiger partial charge in [0.15, 0.2) is 12.6 Å². The molecule has 2 heterocycles. The Morgan fingerprint density at radius 3 is 1.97 bits per heavy atom. The zero-order chi connectivity index (χ0) is 25.6. The highest BCUT2D eigenvalue weighted by atomic mass is 16.7. The van der Waals surface area contributed by atoms with Gasteiger partial charge in [0.1, 0.15) is 48.8 Å². The van der Waals surface area contributed by atoms with Crippen LogP contribution >= 0.6 is 0 Å². The van der Waals surface area contributed by atoms with Gasteiger partial charge in [-0.2, -0.15) is 0 Å². The first-order valence-corrected chi connectivity index (χ1v) is 11.2. The maximum atomic E-state index is 10.7. The van der Waals surface area contributed by atoms with Crippen LogP contribution in [0.25, 0.3) is 0 Å². The summed E-state index contributed by atoms with van der Waals surface area (Å²) < 4.78 is 21.7. The number of aliphatic hydroxyl groups is 8. The lowest BCUT2D eigenvalue weighted by molar-refractivity contribution is -0.359. The van der Waals surface area contributed by atoms with Crippen LogP contribution in [0, 0.1) is 0 Å². The van der Waals surface area contributed by atoms with Crippen LogP contribution in [-0.2, 0) is 18.9 Å². The Hall–Kier alpha value is -1.00. The quantitative estimate of drug-likeness (QED) is 0.146. The minimum absolute atomic E-state index is 0.0690. The molecule has 2 aliphatic heterocycles. The molecule has 2 saturated heterocycles. The van der Waals surface area contributed by atoms with Crippen LogP contribution in [0.15, 0.2) is 23.3 Å². The van der Waals surface area contributed by atoms with Crippen LogP contribution < -0.4 is 0 Å². The molecular formula is C22H38O12. The normalized spacial score (nSPS) is 40.1. The average Bonchev–Trinajstić information content (AvgIpc) is 2.81. The zero-order valence-electron chi connectivity index (χ0n) is 19.5. The second-order valence-corrected chi connectivity index (χ2v) is 8.82. The average molecular weight is 495 g/mol. The van der Waals surface area contributed by atoms with E-state index in [1.165, 1.54) is 0 Å². The van der Waals surface area contributed by atoms with Crippen LogP contribution in [0.3, 0.4) is 0 Å². The molecule has 0 aromatic rings. The van der Waals surface area contributed by atoms with Gasteiger partial charge in [-0.15, -0.1) is 0 Å². The van der Waals surface area contributed by atoms with Crippen molar-refractivity contribution in [2.75, 3.05) is 19.8 Å². The molecule has 0 amide bonds. The second-order valence-electron chi connectivity index (χ2n) is 8.82. The van der Waals surface area contributed by atoms with Crippen molar-refractivity contribution >= 4 is 0 Å². The Morgan fingerprint density at radius 2 is 1.38 bits per heavy atom. The lowest BCUT2D eigenvalue weighted by atomic mass is 9.97. The molecule has 0 spiro atoms. The third kappa shape index (κ3) is 7.26. The molecule has 0 saturated carbocycles. The third-order valence-electron chi connectivity index (χ3n) is 5.90. The first kappa shape index (κ1) is 29.2. The minimum Gasteiger partial charge on any atom is -0.394 e. The summed E-state index contributed by atoms with van der Waals surface area (Å²) in [5, 5.41) is 80.3. The summed E-state index contributed by atoms with van der Waals surface area (Å²) in [6, 6.07) is 0. The fraction of sp³-hybridized carbons (Fsp3) is 0.818. The molecule has 0 aliphatic carbocycles. The lowest BCUT2D eigenvalue weighted by Gasteiger charge is -2.45. The number of ether oxygens (including phenoxy) is 4. The van der Waals surface area contributed by atoms with E-state index >= 15 is 0 Å². The van der Waals surface area contributed by atoms with Gasteiger partial charge in [0.2, 0.25) is 0 Å². The van der Waals surface area contributed by atoms with Crippen molar-refractivity contribution in [3.63, 3.8) is 0 Å². The molecule has 8 N–H and O–H groups in total. The van der Waals surface area contributed by atoms with Gasteiger partial charge >= 0.3 is 0 Å². The highest BCUT2D eigenvalue weighted by molar-refractivity contribution is 5.08. The number of rotatable bonds is 10. The highest BCUT2D eigenvalue weighted by Gasteiger charge is 2.50. The van der Waals surface area contributed by atoms with Crippen LogP contribution in [0.5, 0.6) is 0 Å². The van der Waals surface area contributed by atoms with Crippen LogP contribution in [0.2, 0.25) is 0 Å². The summed E-state index contributed by atoms with van der Waals surface area (Å²) in [6.45, 7) is 4.17. The second kappa shape index (κ2) is 13.3. The van der Waals surface area contributed by atoms with E-state index in [2.05, 4.69) is 0 Å². The van der Waals surface area contributed by atoms with Gasteiger partial charge in [-0.1, -0.05) is 17.7 Å². The number of aliphatic hydroxyl groups excluding tert-OH is 8. The molecule has 0 unspecified atom stereocenters. The number of hydrogen-bond donors (Lipinski definition) is 8. The lowest BCUT2D eigenvalue weighted by Crippen LogP contribution is -2.64. The standard InChI is InChI=1S/C22H38O12/c1-10(2)4-5-12(25)11(3)6-7-31-21-19(30)20(16(27)14(9-24)32-21)34-22-18(29)17(28)15(26)13(8-23)33-22/h4,6,12-30H,5,7-9H2,1-3H3/b11-6+/t12-,13+,14+,15+,16+,17-,18+,19+,20-,21+,22-/m0/s1. The predicted octanol–water partition coefficient (Wildman–Crippen LogP) is -2.71. The molecule has 0 bridgehead atoms. The maximum Gasteiger partial charge on any atom is 0.187 e. The zero-order valence-corrected chi connectivity index (χ0v) is 19.5. The van der Waals surface area contributed by atoms with Gasteiger partial charge in [-0.05, 0) is 32.8 Å². The van der Waals surface area contributed by atoms with Crippen molar-refractivity contribution in [2.45, 2.75) is 94.7 Å². The van der Waals surface area contributed by atoms with Crippen molar-refractivity contribution in [2.24, 2.45) is 0 Å². The molecule has 198 valence electrons. The van der Waals surface area contributed by atoms with E-state index in [0.717, 1.165) is 5.57 Å². The molecule has 2 rings (SSSR count). The Balaban J connectivity index is 2.06. The van der Waals surface area contributed by atoms with Crippen molar-refractivity contribution in [1.82, 2.24) is 0 Å². The van der Waals surface area contributed by atoms with E-state index in [0.29, 0.717) is 12.0 Å². The molecule has 2 aliphatic rings. The van der Waals surface area contributed by atoms with Gasteiger partial charge < -0.3 is 59.8 Å². The summed E-state index contributed by atoms with van der Waals surface area (Å²) >= 11 is 0. The minimum atomic E-state index is -1.75. The van der Waals surface area contributed by atoms with Crippen molar-refractivity contribution in [1.29, 1.82) is 0 Å². The van der Waals surface area contributed by atoms with E-state index in [-0.39, 0.29) is 6.61 Å². The summed E-state index contributed by atoms with van der Waals surface area (Å²) in [7, 11) is 0. The van der Waals surface area contributed by atoms with Gasteiger partial charge in [0.05, 0.1) is 25.9 Å². The molecule has 12 heteroatoms. The summed E-state index contributed by atoms with van der Waals surface area (Å²) in [6.07, 6.45) is -11.9. The third-order valence-corrected chi connectivity index (χ3v) is 5.90. The van der Waals surface area contributed by atoms with E-state index in [9.17, 15) is 40.9 Å². The molecule has 0 radical (unpaired) electrons. The largest absolute Gasteiger partial charge is 0.394 e. The monoisotopic (exact) mass is 494 g/mol. The summed E-state index contributed by atoms with van der Waals surface area (Å²) in [5.74, 6) is 0. The van der Waals surface area contributed by atoms with Gasteiger partial charge in [0, 0.05) is 0 Å². The van der Waals surface area contributed by atoms with Gasteiger partial charge in [-0.3, -0.25) is 0 Å². The number of hydrogen-bond acceptors (Lipinski definition) is 12. The van der Waals surface area contributed by atoms with Crippen molar-refractivity contribution in [3.8, 4) is 0 Å². The Bertz CT molecular complexity index is 679. The summed E-state index contributed by atoms with van der Waals surface area (Å²) in [4.78, 5) is 0. The molecule has 2 fully saturated rings. The molecular weight excluding hydrogens is 456 g/mol. The Kier molecular flexibility index (Phi) is 11.5. The molecule has 0 aromatic carbocycles. The molecule has 12 nitrogen and oxygen atoms in total. The van der Waals surface area contributed by atoms with E-state index < -0.39 is 80.7 Å². The fourth-order valence-corrected chi connectivity index (χ4v) is 3.63. The predicted molar refractivity (Wildman–Crippen MR) is 116 cm³/mol. The van der Waals surface area contributed by atoms with Gasteiger partial charge in [0.25, 0.3) is 0 Å². The van der Waals surface area contributed by atoms with Gasteiger partial charge in [-0.25, -0.2) is 0 Å². The van der Waals surface area contributed by atoms with Crippen LogP contribution in [-0.4, -0.2) is 128 Å². The number of allylic oxidation sites excluding steroid dienone is 1. The van der Waals surface area contributed by atoms with Crippen molar-refractivity contribution in [3.05, 3.63) is 23.3 Å². The molecule has 0 aromatic heterocycles. The Morgan fingerprint density at radius 1 is 0.794 bits per heavy atom. The van der Waals surface area contributed by atoms with Crippen molar-refractivity contribution < 1.29 is 59.8 Å². The maximum absolute atomic E-state index is 10.7. The Labute approximate surface area is 198 Å². The summed E-state index contributed by atoms with van der Waals surface area (Å²) in [5.41, 5.74) is 1.71. The molecule has 11 atom stereocenters. The first-order chi connectivity index (χ1) is 16.0. The van der Waals surface area contributed by atoms with E-state index in [1.54, 1.807) is 13.0 Å².